The monoisotopic (exact) mass is 228 g/mol. The van der Waals surface area contributed by atoms with Gasteiger partial charge in [0.15, 0.2) is 5.82 Å². The highest BCUT2D eigenvalue weighted by molar-refractivity contribution is 5.88. The Labute approximate surface area is 101 Å². The van der Waals surface area contributed by atoms with Crippen LogP contribution in [0.3, 0.4) is 0 Å². The summed E-state index contributed by atoms with van der Waals surface area (Å²) >= 11 is 0. The van der Waals surface area contributed by atoms with Gasteiger partial charge in [0.05, 0.1) is 5.52 Å². The Morgan fingerprint density at radius 3 is 2.71 bits per heavy atom. The van der Waals surface area contributed by atoms with E-state index in [4.69, 9.17) is 0 Å². The molecular formula is C13H16N4. The van der Waals surface area contributed by atoms with Gasteiger partial charge in [-0.2, -0.15) is 0 Å². The van der Waals surface area contributed by atoms with Crippen LogP contribution in [0.5, 0.6) is 0 Å². The van der Waals surface area contributed by atoms with Crippen LogP contribution in [-0.2, 0) is 0 Å². The van der Waals surface area contributed by atoms with Crippen molar-refractivity contribution in [2.75, 3.05) is 18.5 Å². The second-order valence-electron chi connectivity index (χ2n) is 4.40. The van der Waals surface area contributed by atoms with Crippen LogP contribution in [0.25, 0.3) is 10.9 Å². The number of nitrogens with one attached hydrogen (secondary N) is 1. The van der Waals surface area contributed by atoms with E-state index in [0.29, 0.717) is 0 Å². The molecular weight excluding hydrogens is 212 g/mol. The van der Waals surface area contributed by atoms with Gasteiger partial charge in [-0.15, -0.1) is 0 Å². The lowest BCUT2D eigenvalue weighted by Gasteiger charge is -2.27. The van der Waals surface area contributed by atoms with Crippen molar-refractivity contribution in [3.8, 4) is 0 Å². The van der Waals surface area contributed by atoms with Crippen molar-refractivity contribution < 1.29 is 0 Å². The van der Waals surface area contributed by atoms with E-state index in [0.717, 1.165) is 29.8 Å². The molecule has 1 aromatic heterocycles. The summed E-state index contributed by atoms with van der Waals surface area (Å²) in [6.45, 7) is 2.19. The maximum Gasteiger partial charge on any atom is 0.151 e. The van der Waals surface area contributed by atoms with E-state index in [1.807, 2.05) is 18.2 Å². The largest absolute Gasteiger partial charge is 0.302 e. The topological polar surface area (TPSA) is 41.0 Å². The summed E-state index contributed by atoms with van der Waals surface area (Å²) in [5.41, 5.74) is 4.39. The number of fused-ring (bicyclic) bond motifs is 1. The molecule has 1 aromatic carbocycles. The van der Waals surface area contributed by atoms with Crippen LogP contribution in [0.4, 0.5) is 5.82 Å². The fourth-order valence-electron chi connectivity index (χ4n) is 2.25. The lowest BCUT2D eigenvalue weighted by Crippen LogP contribution is -2.35. The predicted molar refractivity (Wildman–Crippen MR) is 68.6 cm³/mol. The smallest absolute Gasteiger partial charge is 0.151 e. The van der Waals surface area contributed by atoms with E-state index in [-0.39, 0.29) is 0 Å². The van der Waals surface area contributed by atoms with Crippen molar-refractivity contribution in [1.29, 1.82) is 0 Å². The highest BCUT2D eigenvalue weighted by Crippen LogP contribution is 2.20. The Kier molecular flexibility index (Phi) is 2.88. The zero-order valence-corrected chi connectivity index (χ0v) is 9.76. The van der Waals surface area contributed by atoms with Gasteiger partial charge in [-0.1, -0.05) is 18.6 Å². The first-order chi connectivity index (χ1) is 8.43. The molecule has 0 aliphatic carbocycles. The molecule has 1 saturated heterocycles. The molecule has 0 radical (unpaired) electrons. The molecule has 3 rings (SSSR count). The third-order valence-electron chi connectivity index (χ3n) is 3.16. The molecule has 2 aromatic rings. The number of hydrazine groups is 1. The number of hydrogen-bond donors (Lipinski definition) is 1. The fourth-order valence-corrected chi connectivity index (χ4v) is 2.25. The average molecular weight is 228 g/mol. The summed E-state index contributed by atoms with van der Waals surface area (Å²) in [5.74, 6) is 0.914. The number of piperidine rings is 1. The van der Waals surface area contributed by atoms with Crippen LogP contribution in [0.2, 0.25) is 0 Å². The molecule has 4 heteroatoms. The number of anilines is 1. The highest BCUT2D eigenvalue weighted by atomic mass is 15.5. The fraction of sp³-hybridized carbons (Fsp3) is 0.385. The second kappa shape index (κ2) is 4.67. The molecule has 4 nitrogen and oxygen atoms in total. The molecule has 1 fully saturated rings. The maximum absolute atomic E-state index is 4.34. The van der Waals surface area contributed by atoms with E-state index in [9.17, 15) is 0 Å². The van der Waals surface area contributed by atoms with Crippen molar-refractivity contribution in [2.24, 2.45) is 0 Å². The first kappa shape index (κ1) is 10.5. The lowest BCUT2D eigenvalue weighted by atomic mass is 10.2. The van der Waals surface area contributed by atoms with Crippen LogP contribution in [-0.4, -0.2) is 28.1 Å². The van der Waals surface area contributed by atoms with E-state index in [2.05, 4.69) is 26.5 Å². The molecule has 17 heavy (non-hydrogen) atoms. The molecule has 88 valence electrons. The molecule has 1 aliphatic rings. The minimum Gasteiger partial charge on any atom is -0.302 e. The average Bonchev–Trinajstić information content (AvgIpc) is 2.40. The summed E-state index contributed by atoms with van der Waals surface area (Å²) in [4.78, 5) is 8.60. The lowest BCUT2D eigenvalue weighted by molar-refractivity contribution is 0.272. The second-order valence-corrected chi connectivity index (χ2v) is 4.40. The van der Waals surface area contributed by atoms with Gasteiger partial charge < -0.3 is 5.43 Å². The van der Waals surface area contributed by atoms with Crippen LogP contribution < -0.4 is 5.43 Å². The predicted octanol–water partition coefficient (Wildman–Crippen LogP) is 2.44. The number of aromatic nitrogens is 2. The Balaban J connectivity index is 1.89. The molecule has 0 amide bonds. The van der Waals surface area contributed by atoms with Gasteiger partial charge in [0.2, 0.25) is 0 Å². The van der Waals surface area contributed by atoms with Crippen molar-refractivity contribution in [3.63, 3.8) is 0 Å². The Hall–Kier alpha value is -1.68. The molecule has 1 N–H and O–H groups in total. The molecule has 0 atom stereocenters. The third-order valence-corrected chi connectivity index (χ3v) is 3.16. The summed E-state index contributed by atoms with van der Waals surface area (Å²) in [6.07, 6.45) is 5.48. The van der Waals surface area contributed by atoms with Crippen molar-refractivity contribution >= 4 is 16.7 Å². The van der Waals surface area contributed by atoms with Crippen molar-refractivity contribution in [1.82, 2.24) is 15.0 Å². The summed E-state index contributed by atoms with van der Waals surface area (Å²) in [5, 5.41) is 3.33. The highest BCUT2D eigenvalue weighted by Gasteiger charge is 2.11. The zero-order valence-electron chi connectivity index (χ0n) is 9.76. The van der Waals surface area contributed by atoms with Gasteiger partial charge in [0.25, 0.3) is 0 Å². The number of hydrogen-bond acceptors (Lipinski definition) is 4. The van der Waals surface area contributed by atoms with Gasteiger partial charge in [0, 0.05) is 18.5 Å². The molecule has 0 spiro atoms. The first-order valence-corrected chi connectivity index (χ1v) is 6.15. The van der Waals surface area contributed by atoms with Gasteiger partial charge in [-0.25, -0.2) is 15.0 Å². The van der Waals surface area contributed by atoms with E-state index in [1.165, 1.54) is 19.3 Å². The normalized spacial score (nSPS) is 17.2. The standard InChI is InChI=1S/C13H16N4/c1-4-8-17(9-5-1)16-13-11-6-2-3-7-12(11)14-10-15-13/h2-3,6-7,10H,1,4-5,8-9H2,(H,14,15,16). The molecule has 0 bridgehead atoms. The minimum absolute atomic E-state index is 0.914. The summed E-state index contributed by atoms with van der Waals surface area (Å²) in [6, 6.07) is 8.09. The third kappa shape index (κ3) is 2.22. The maximum atomic E-state index is 4.34. The molecule has 1 aliphatic heterocycles. The first-order valence-electron chi connectivity index (χ1n) is 6.15. The van der Waals surface area contributed by atoms with Crippen LogP contribution in [0.15, 0.2) is 30.6 Å². The van der Waals surface area contributed by atoms with Crippen LogP contribution >= 0.6 is 0 Å². The van der Waals surface area contributed by atoms with E-state index < -0.39 is 0 Å². The minimum atomic E-state index is 0.914. The van der Waals surface area contributed by atoms with Crippen molar-refractivity contribution in [2.45, 2.75) is 19.3 Å². The molecule has 2 heterocycles. The Morgan fingerprint density at radius 1 is 1.00 bits per heavy atom. The zero-order chi connectivity index (χ0) is 11.5. The van der Waals surface area contributed by atoms with Gasteiger partial charge in [0.1, 0.15) is 6.33 Å². The van der Waals surface area contributed by atoms with E-state index in [1.54, 1.807) is 6.33 Å². The molecule has 0 unspecified atom stereocenters. The van der Waals surface area contributed by atoms with Crippen LogP contribution in [0.1, 0.15) is 19.3 Å². The Morgan fingerprint density at radius 2 is 1.82 bits per heavy atom. The number of rotatable bonds is 2. The van der Waals surface area contributed by atoms with Gasteiger partial charge >= 0.3 is 0 Å². The van der Waals surface area contributed by atoms with Crippen LogP contribution in [0, 0.1) is 0 Å². The quantitative estimate of drug-likeness (QED) is 0.857. The van der Waals surface area contributed by atoms with Gasteiger partial charge in [-0.05, 0) is 25.0 Å². The number of nitrogens with zero attached hydrogens (tertiary/aromatic N) is 3. The summed E-state index contributed by atoms with van der Waals surface area (Å²) in [7, 11) is 0. The number of benzene rings is 1. The Bertz CT molecular complexity index is 500. The summed E-state index contributed by atoms with van der Waals surface area (Å²) < 4.78 is 0. The van der Waals surface area contributed by atoms with E-state index >= 15 is 0 Å². The van der Waals surface area contributed by atoms with Gasteiger partial charge in [-0.3, -0.25) is 0 Å². The SMILES string of the molecule is c1ccc2c(NN3CCCCC3)ncnc2c1. The number of para-hydroxylation sites is 1. The molecule has 0 saturated carbocycles. The van der Waals surface area contributed by atoms with Crippen molar-refractivity contribution in [3.05, 3.63) is 30.6 Å².